The minimum Gasteiger partial charge on any atom is -0.480 e. The van der Waals surface area contributed by atoms with E-state index in [-0.39, 0.29) is 37.7 Å². The molecule has 0 aliphatic rings. The Kier molecular flexibility index (Phi) is 17.3. The molecule has 15 nitrogen and oxygen atoms in total. The van der Waals surface area contributed by atoms with Crippen LogP contribution in [0.3, 0.4) is 0 Å². The number of rotatable bonds is 21. The molecule has 5 amide bonds. The highest BCUT2D eigenvalue weighted by Gasteiger charge is 2.35. The minimum atomic E-state index is -1.23. The lowest BCUT2D eigenvalue weighted by molar-refractivity contribution is -0.144. The minimum absolute atomic E-state index is 0.0200. The summed E-state index contributed by atoms with van der Waals surface area (Å²) in [6.45, 7) is 10.7. The van der Waals surface area contributed by atoms with E-state index < -0.39 is 71.8 Å². The number of H-pyrrole nitrogens is 1. The number of nitrogens with zero attached hydrogens (tertiary/aromatic N) is 1. The summed E-state index contributed by atoms with van der Waals surface area (Å²) in [7, 11) is 0. The number of amides is 5. The summed E-state index contributed by atoms with van der Waals surface area (Å²) in [5, 5.41) is 23.2. The van der Waals surface area contributed by atoms with Crippen molar-refractivity contribution in [3.63, 3.8) is 0 Å². The number of aliphatic carboxylic acids is 1. The standard InChI is InChI=1S/C40H55N7O8/c1-7-26(6)34(39(52)53)47-38(51)33(25(4)5)46-37(50)30(18-24(2)3)43-36(49)32(20-29-21-41-23-42-29)44-35(48)31(19-27-14-10-8-11-15-27)45-40(54)55-22-28-16-12-9-13-17-28/h8-17,21,23-26,30-34H,7,18-20,22H2,1-6H3,(H,41,42)(H,43,49)(H,44,48)(H,45,54)(H,46,50)(H,47,51)(H,52,53)/t26-,30-,31-,32-,33-,34-/m0/s1. The second-order valence-corrected chi connectivity index (χ2v) is 14.4. The molecule has 0 bridgehead atoms. The SMILES string of the molecule is CC[C@H](C)[C@H](NC(=O)[C@@H](NC(=O)[C@H](CC(C)C)NC(=O)[C@H](Cc1cnc[nH]1)NC(=O)[C@H](Cc1ccccc1)NC(=O)OCc1ccccc1)C(C)C)C(=O)O. The maximum Gasteiger partial charge on any atom is 0.408 e. The third-order valence-corrected chi connectivity index (χ3v) is 9.08. The Labute approximate surface area is 322 Å². The molecule has 0 unspecified atom stereocenters. The number of carboxylic acid groups (broad SMARTS) is 1. The van der Waals surface area contributed by atoms with Crippen molar-refractivity contribution in [2.24, 2.45) is 17.8 Å². The van der Waals surface area contributed by atoms with Gasteiger partial charge in [0.2, 0.25) is 23.6 Å². The summed E-state index contributed by atoms with van der Waals surface area (Å²) in [6.07, 6.45) is 2.85. The van der Waals surface area contributed by atoms with Gasteiger partial charge in [-0.05, 0) is 35.3 Å². The van der Waals surface area contributed by atoms with Crippen LogP contribution < -0.4 is 26.6 Å². The van der Waals surface area contributed by atoms with E-state index in [1.54, 1.807) is 57.2 Å². The predicted octanol–water partition coefficient (Wildman–Crippen LogP) is 3.26. The molecule has 15 heteroatoms. The van der Waals surface area contributed by atoms with E-state index >= 15 is 0 Å². The molecule has 298 valence electrons. The topological polar surface area (TPSA) is 221 Å². The number of aromatic nitrogens is 2. The number of carboxylic acids is 1. The Morgan fingerprint density at radius 1 is 0.691 bits per heavy atom. The number of alkyl carbamates (subject to hydrolysis) is 1. The average Bonchev–Trinajstić information content (AvgIpc) is 3.67. The lowest BCUT2D eigenvalue weighted by atomic mass is 9.96. The smallest absolute Gasteiger partial charge is 0.408 e. The molecule has 2 aromatic carbocycles. The molecule has 0 saturated carbocycles. The van der Waals surface area contributed by atoms with E-state index in [0.717, 1.165) is 11.1 Å². The number of ether oxygens (including phenoxy) is 1. The van der Waals surface area contributed by atoms with E-state index in [1.165, 1.54) is 12.5 Å². The summed E-state index contributed by atoms with van der Waals surface area (Å²) in [5.41, 5.74) is 2.02. The van der Waals surface area contributed by atoms with Gasteiger partial charge in [-0.15, -0.1) is 0 Å². The number of imidazole rings is 1. The molecule has 0 fully saturated rings. The third-order valence-electron chi connectivity index (χ3n) is 9.08. The number of aromatic amines is 1. The highest BCUT2D eigenvalue weighted by atomic mass is 16.5. The van der Waals surface area contributed by atoms with Crippen LogP contribution in [0.5, 0.6) is 0 Å². The number of hydrogen-bond acceptors (Lipinski definition) is 8. The number of nitrogens with one attached hydrogen (secondary N) is 6. The van der Waals surface area contributed by atoms with Crippen LogP contribution in [-0.4, -0.2) is 81.0 Å². The first-order valence-electron chi connectivity index (χ1n) is 18.6. The molecule has 0 aliphatic heterocycles. The van der Waals surface area contributed by atoms with Crippen LogP contribution in [0, 0.1) is 17.8 Å². The second-order valence-electron chi connectivity index (χ2n) is 14.4. The van der Waals surface area contributed by atoms with Gasteiger partial charge in [0.25, 0.3) is 0 Å². The highest BCUT2D eigenvalue weighted by Crippen LogP contribution is 2.13. The number of hydrogen-bond donors (Lipinski definition) is 7. The largest absolute Gasteiger partial charge is 0.480 e. The molecule has 0 saturated heterocycles. The summed E-state index contributed by atoms with van der Waals surface area (Å²) >= 11 is 0. The Morgan fingerprint density at radius 3 is 1.76 bits per heavy atom. The molecule has 1 aromatic heterocycles. The van der Waals surface area contributed by atoms with Crippen molar-refractivity contribution in [3.05, 3.63) is 90.0 Å². The van der Waals surface area contributed by atoms with Crippen molar-refractivity contribution in [1.82, 2.24) is 36.6 Å². The van der Waals surface area contributed by atoms with Gasteiger partial charge in [-0.2, -0.15) is 0 Å². The van der Waals surface area contributed by atoms with Gasteiger partial charge >= 0.3 is 12.1 Å². The van der Waals surface area contributed by atoms with Crippen LogP contribution >= 0.6 is 0 Å². The van der Waals surface area contributed by atoms with E-state index in [9.17, 15) is 33.9 Å². The highest BCUT2D eigenvalue weighted by molar-refractivity contribution is 5.96. The molecule has 0 spiro atoms. The fourth-order valence-electron chi connectivity index (χ4n) is 5.75. The van der Waals surface area contributed by atoms with Crippen molar-refractivity contribution in [3.8, 4) is 0 Å². The van der Waals surface area contributed by atoms with Gasteiger partial charge in [-0.3, -0.25) is 19.2 Å². The second kappa shape index (κ2) is 21.8. The van der Waals surface area contributed by atoms with Crippen molar-refractivity contribution < 1.29 is 38.6 Å². The Balaban J connectivity index is 1.83. The van der Waals surface area contributed by atoms with Crippen LogP contribution in [0.15, 0.2) is 73.2 Å². The lowest BCUT2D eigenvalue weighted by Gasteiger charge is -2.29. The third kappa shape index (κ3) is 14.6. The van der Waals surface area contributed by atoms with Crippen LogP contribution in [0.25, 0.3) is 0 Å². The monoisotopic (exact) mass is 761 g/mol. The molecule has 55 heavy (non-hydrogen) atoms. The zero-order chi connectivity index (χ0) is 40.5. The Hall–Kier alpha value is -5.73. The van der Waals surface area contributed by atoms with Crippen LogP contribution in [0.1, 0.15) is 71.2 Å². The predicted molar refractivity (Wildman–Crippen MR) is 205 cm³/mol. The van der Waals surface area contributed by atoms with Crippen molar-refractivity contribution in [1.29, 1.82) is 0 Å². The number of benzene rings is 2. The van der Waals surface area contributed by atoms with Gasteiger partial charge < -0.3 is 41.4 Å². The fourth-order valence-corrected chi connectivity index (χ4v) is 5.75. The summed E-state index contributed by atoms with van der Waals surface area (Å²) in [4.78, 5) is 86.9. The zero-order valence-corrected chi connectivity index (χ0v) is 32.3. The number of carbonyl (C=O) groups excluding carboxylic acids is 5. The average molecular weight is 762 g/mol. The Morgan fingerprint density at radius 2 is 1.24 bits per heavy atom. The maximum atomic E-state index is 14.0. The van der Waals surface area contributed by atoms with Crippen LogP contribution in [-0.2, 0) is 48.2 Å². The quantitative estimate of drug-likeness (QED) is 0.0846. The van der Waals surface area contributed by atoms with Crippen LogP contribution in [0.4, 0.5) is 4.79 Å². The van der Waals surface area contributed by atoms with E-state index in [1.807, 2.05) is 45.0 Å². The Bertz CT molecular complexity index is 1690. The molecule has 3 rings (SSSR count). The van der Waals surface area contributed by atoms with Crippen molar-refractivity contribution in [2.45, 2.75) is 104 Å². The van der Waals surface area contributed by atoms with Gasteiger partial charge in [0.05, 0.1) is 6.33 Å². The first-order chi connectivity index (χ1) is 26.2. The molecule has 1 heterocycles. The van der Waals surface area contributed by atoms with Crippen molar-refractivity contribution >= 4 is 35.7 Å². The van der Waals surface area contributed by atoms with Crippen molar-refractivity contribution in [2.75, 3.05) is 0 Å². The van der Waals surface area contributed by atoms with Crippen LogP contribution in [0.2, 0.25) is 0 Å². The first-order valence-corrected chi connectivity index (χ1v) is 18.6. The van der Waals surface area contributed by atoms with E-state index in [0.29, 0.717) is 12.1 Å². The van der Waals surface area contributed by atoms with E-state index in [4.69, 9.17) is 4.74 Å². The first kappa shape index (κ1) is 43.7. The van der Waals surface area contributed by atoms with E-state index in [2.05, 4.69) is 36.6 Å². The normalized spacial score (nSPS) is 14.4. The molecule has 7 N–H and O–H groups in total. The van der Waals surface area contributed by atoms with Gasteiger partial charge in [-0.1, -0.05) is 109 Å². The molecule has 0 aliphatic carbocycles. The summed E-state index contributed by atoms with van der Waals surface area (Å²) < 4.78 is 5.39. The summed E-state index contributed by atoms with van der Waals surface area (Å²) in [5.74, 6) is -4.72. The molecule has 6 atom stereocenters. The molecule has 0 radical (unpaired) electrons. The maximum absolute atomic E-state index is 14.0. The fraction of sp³-hybridized carbons (Fsp3) is 0.475. The zero-order valence-electron chi connectivity index (χ0n) is 32.3. The van der Waals surface area contributed by atoms with Gasteiger partial charge in [0.1, 0.15) is 36.8 Å². The van der Waals surface area contributed by atoms with Gasteiger partial charge in [-0.25, -0.2) is 14.6 Å². The van der Waals surface area contributed by atoms with Gasteiger partial charge in [0, 0.05) is 24.7 Å². The number of carbonyl (C=O) groups is 6. The molecule has 3 aromatic rings. The molecular formula is C40H55N7O8. The molecular weight excluding hydrogens is 706 g/mol. The summed E-state index contributed by atoms with van der Waals surface area (Å²) in [6, 6.07) is 12.3. The van der Waals surface area contributed by atoms with Gasteiger partial charge in [0.15, 0.2) is 0 Å². The lowest BCUT2D eigenvalue weighted by Crippen LogP contribution is -2.60.